The molecule has 5 rings (SSSR count). The van der Waals surface area contributed by atoms with Crippen LogP contribution in [0.4, 0.5) is 14.9 Å². The van der Waals surface area contributed by atoms with Crippen LogP contribution in [0.1, 0.15) is 42.3 Å². The zero-order chi connectivity index (χ0) is 31.8. The lowest BCUT2D eigenvalue weighted by atomic mass is 9.93. The van der Waals surface area contributed by atoms with Crippen molar-refractivity contribution in [1.82, 2.24) is 4.90 Å². The van der Waals surface area contributed by atoms with Crippen molar-refractivity contribution < 1.29 is 28.2 Å². The summed E-state index contributed by atoms with van der Waals surface area (Å²) in [6.07, 6.45) is 1.36. The van der Waals surface area contributed by atoms with Crippen LogP contribution < -0.4 is 9.64 Å². The Morgan fingerprint density at radius 1 is 0.932 bits per heavy atom. The van der Waals surface area contributed by atoms with E-state index in [1.165, 1.54) is 6.07 Å². The van der Waals surface area contributed by atoms with E-state index in [0.29, 0.717) is 69.0 Å². The molecule has 0 atom stereocenters. The van der Waals surface area contributed by atoms with Gasteiger partial charge in [-0.15, -0.1) is 0 Å². The normalized spacial score (nSPS) is 16.0. The average Bonchev–Trinajstić information content (AvgIpc) is 2.95. The third-order valence-electron chi connectivity index (χ3n) is 7.03. The van der Waals surface area contributed by atoms with E-state index in [4.69, 9.17) is 14.2 Å². The predicted octanol–water partition coefficient (Wildman–Crippen LogP) is 8.84. The molecule has 0 radical (unpaired) electrons. The minimum absolute atomic E-state index is 0.197. The summed E-state index contributed by atoms with van der Waals surface area (Å²) in [6.45, 7) is 7.34. The number of allylic oxidation sites excluding steroid dienone is 2. The zero-order valence-corrected chi connectivity index (χ0v) is 29.3. The van der Waals surface area contributed by atoms with E-state index in [-0.39, 0.29) is 23.5 Å². The molecule has 1 saturated heterocycles. The highest BCUT2D eigenvalue weighted by Crippen LogP contribution is 2.43. The van der Waals surface area contributed by atoms with Crippen molar-refractivity contribution >= 4 is 77.0 Å². The van der Waals surface area contributed by atoms with Crippen molar-refractivity contribution in [3.63, 3.8) is 0 Å². The van der Waals surface area contributed by atoms with Crippen LogP contribution in [0.15, 0.2) is 79.5 Å². The first-order valence-electron chi connectivity index (χ1n) is 13.8. The molecule has 0 N–H and O–H groups in total. The van der Waals surface area contributed by atoms with Crippen LogP contribution in [-0.2, 0) is 9.47 Å². The number of anilines is 1. The van der Waals surface area contributed by atoms with Crippen molar-refractivity contribution in [2.24, 2.45) is 0 Å². The molecule has 230 valence electrons. The number of rotatable bonds is 6. The third kappa shape index (κ3) is 7.05. The molecule has 0 saturated carbocycles. The first-order chi connectivity index (χ1) is 20.8. The number of ketones is 1. The van der Waals surface area contributed by atoms with Gasteiger partial charge in [-0.2, -0.15) is 0 Å². The summed E-state index contributed by atoms with van der Waals surface area (Å²) in [6, 6.07) is 15.9. The number of piperazine rings is 1. The van der Waals surface area contributed by atoms with E-state index < -0.39 is 5.60 Å². The van der Waals surface area contributed by atoms with Gasteiger partial charge in [-0.1, -0.05) is 34.1 Å². The molecule has 44 heavy (non-hydrogen) atoms. The van der Waals surface area contributed by atoms with E-state index in [1.54, 1.807) is 36.3 Å². The van der Waals surface area contributed by atoms with Gasteiger partial charge < -0.3 is 24.0 Å². The maximum atomic E-state index is 15.4. The molecule has 0 aromatic heterocycles. The summed E-state index contributed by atoms with van der Waals surface area (Å²) < 4.78 is 34.4. The second-order valence-corrected chi connectivity index (χ2v) is 13.9. The number of nitrogens with zero attached hydrogens (tertiary/aromatic N) is 2. The number of hydrogen-bond acceptors (Lipinski definition) is 6. The Kier molecular flexibility index (Phi) is 9.58. The van der Waals surface area contributed by atoms with Gasteiger partial charge in [0.15, 0.2) is 5.76 Å². The summed E-state index contributed by atoms with van der Waals surface area (Å²) >= 11 is 10.4. The molecule has 0 bridgehead atoms. The SMILES string of the molecule is COc1c(Br)cc(C(=O)C2=C(c3ccc(Br)cc3)/C(=C/c3ccc(N4CCN(C(=O)OC(C)(C)C)CC4)c(F)c3)O2)cc1Br. The predicted molar refractivity (Wildman–Crippen MR) is 179 cm³/mol. The number of Topliss-reactive ketones (excluding diaryl/α,β-unsaturated/α-hetero) is 1. The van der Waals surface area contributed by atoms with Crippen LogP contribution in [0.3, 0.4) is 0 Å². The molecular weight excluding hydrogens is 763 g/mol. The van der Waals surface area contributed by atoms with Crippen molar-refractivity contribution in [3.8, 4) is 5.75 Å². The average molecular weight is 793 g/mol. The highest BCUT2D eigenvalue weighted by atomic mass is 79.9. The smallest absolute Gasteiger partial charge is 0.410 e. The van der Waals surface area contributed by atoms with Crippen LogP contribution in [0.5, 0.6) is 5.75 Å². The highest BCUT2D eigenvalue weighted by molar-refractivity contribution is 9.11. The fourth-order valence-corrected chi connectivity index (χ4v) is 6.70. The lowest BCUT2D eigenvalue weighted by molar-refractivity contribution is 0.0240. The summed E-state index contributed by atoms with van der Waals surface area (Å²) in [7, 11) is 1.55. The van der Waals surface area contributed by atoms with Gasteiger partial charge in [0.2, 0.25) is 5.78 Å². The molecule has 2 heterocycles. The van der Waals surface area contributed by atoms with Crippen LogP contribution in [-0.4, -0.2) is 55.7 Å². The second kappa shape index (κ2) is 13.1. The number of amides is 1. The maximum absolute atomic E-state index is 15.4. The molecule has 0 unspecified atom stereocenters. The number of ether oxygens (including phenoxy) is 3. The van der Waals surface area contributed by atoms with Crippen LogP contribution >= 0.6 is 47.8 Å². The fourth-order valence-electron chi connectivity index (χ4n) is 4.92. The van der Waals surface area contributed by atoms with E-state index in [0.717, 1.165) is 10.0 Å². The molecule has 3 aromatic carbocycles. The van der Waals surface area contributed by atoms with Gasteiger partial charge in [-0.05, 0) is 106 Å². The van der Waals surface area contributed by atoms with Crippen LogP contribution in [0, 0.1) is 5.82 Å². The van der Waals surface area contributed by atoms with Crippen molar-refractivity contribution in [1.29, 1.82) is 0 Å². The largest absolute Gasteiger partial charge is 0.494 e. The fraction of sp³-hybridized carbons (Fsp3) is 0.273. The summed E-state index contributed by atoms with van der Waals surface area (Å²) in [5.41, 5.74) is 2.31. The van der Waals surface area contributed by atoms with Crippen molar-refractivity contribution in [3.05, 3.63) is 102 Å². The highest BCUT2D eigenvalue weighted by Gasteiger charge is 2.34. The Morgan fingerprint density at radius 2 is 1.57 bits per heavy atom. The monoisotopic (exact) mass is 790 g/mol. The first kappa shape index (κ1) is 32.2. The van der Waals surface area contributed by atoms with E-state index in [9.17, 15) is 9.59 Å². The van der Waals surface area contributed by atoms with E-state index >= 15 is 4.39 Å². The van der Waals surface area contributed by atoms with Gasteiger partial charge in [-0.25, -0.2) is 9.18 Å². The number of hydrogen-bond donors (Lipinski definition) is 0. The summed E-state index contributed by atoms with van der Waals surface area (Å²) in [5, 5.41) is 0. The standard InChI is InChI=1S/C33H30Br3FN2O5/c1-33(2,3)44-32(41)39-13-11-38(12-14-39)26-10-5-19(15-25(26)37)16-27-28(20-6-8-22(34)9-7-20)31(43-27)29(40)21-17-23(35)30(42-4)24(36)18-21/h5-10,15-18H,11-14H2,1-4H3/b27-16-. The van der Waals surface area contributed by atoms with E-state index in [1.807, 2.05) is 56.0 Å². The van der Waals surface area contributed by atoms with Crippen molar-refractivity contribution in [2.45, 2.75) is 26.4 Å². The third-order valence-corrected chi connectivity index (χ3v) is 8.74. The molecule has 1 fully saturated rings. The molecule has 0 spiro atoms. The summed E-state index contributed by atoms with van der Waals surface area (Å²) in [4.78, 5) is 29.6. The minimum atomic E-state index is -0.570. The Morgan fingerprint density at radius 3 is 2.14 bits per heavy atom. The Hall–Kier alpha value is -3.15. The minimum Gasteiger partial charge on any atom is -0.494 e. The lowest BCUT2D eigenvalue weighted by Crippen LogP contribution is -2.50. The molecule has 3 aromatic rings. The number of carbonyl (C=O) groups excluding carboxylic acids is 2. The van der Waals surface area contributed by atoms with Crippen LogP contribution in [0.2, 0.25) is 0 Å². The summed E-state index contributed by atoms with van der Waals surface area (Å²) in [5.74, 6) is 0.552. The topological polar surface area (TPSA) is 68.3 Å². The molecule has 1 amide bonds. The number of carbonyl (C=O) groups is 2. The van der Waals surface area contributed by atoms with Crippen molar-refractivity contribution in [2.75, 3.05) is 38.2 Å². The Bertz CT molecular complexity index is 1650. The number of halogens is 4. The van der Waals surface area contributed by atoms with Gasteiger partial charge in [-0.3, -0.25) is 4.79 Å². The molecule has 11 heteroatoms. The number of methoxy groups -OCH3 is 1. The van der Waals surface area contributed by atoms with Gasteiger partial charge >= 0.3 is 6.09 Å². The van der Waals surface area contributed by atoms with Gasteiger partial charge in [0.1, 0.15) is 22.9 Å². The molecule has 2 aliphatic heterocycles. The molecule has 0 aliphatic carbocycles. The second-order valence-electron chi connectivity index (χ2n) is 11.3. The first-order valence-corrected chi connectivity index (χ1v) is 16.2. The zero-order valence-electron chi connectivity index (χ0n) is 24.5. The van der Waals surface area contributed by atoms with E-state index in [2.05, 4.69) is 47.8 Å². The molecule has 2 aliphatic rings. The quantitative estimate of drug-likeness (QED) is 0.233. The van der Waals surface area contributed by atoms with Gasteiger partial charge in [0, 0.05) is 36.2 Å². The lowest BCUT2D eigenvalue weighted by Gasteiger charge is -2.36. The molecular formula is C33H30Br3FN2O5. The maximum Gasteiger partial charge on any atom is 0.410 e. The Balaban J connectivity index is 1.39. The molecule has 7 nitrogen and oxygen atoms in total. The van der Waals surface area contributed by atoms with Crippen LogP contribution in [0.25, 0.3) is 11.6 Å². The van der Waals surface area contributed by atoms with Gasteiger partial charge in [0.25, 0.3) is 0 Å². The van der Waals surface area contributed by atoms with Gasteiger partial charge in [0.05, 0.1) is 27.3 Å². The Labute approximate surface area is 281 Å². The number of benzene rings is 3.